The van der Waals surface area contributed by atoms with Crippen molar-refractivity contribution < 1.29 is 23.1 Å². The third kappa shape index (κ3) is 4.12. The number of anilines is 1. The van der Waals surface area contributed by atoms with E-state index in [1.54, 1.807) is 19.1 Å². The standard InChI is InChI=1S/C12H13BrF3NO2/c1-6-3-7(2)10(9(13)4-6)17-5-8(11(18)19)12(14,15)16/h3-4,8,17H,5H2,1-2H3,(H,18,19). The highest BCUT2D eigenvalue weighted by Gasteiger charge is 2.44. The Kier molecular flexibility index (Phi) is 4.84. The van der Waals surface area contributed by atoms with Crippen LogP contribution >= 0.6 is 15.9 Å². The second kappa shape index (κ2) is 5.81. The third-order valence-corrected chi connectivity index (χ3v) is 3.23. The summed E-state index contributed by atoms with van der Waals surface area (Å²) < 4.78 is 38.1. The van der Waals surface area contributed by atoms with Gasteiger partial charge in [-0.15, -0.1) is 0 Å². The first-order valence-corrected chi connectivity index (χ1v) is 6.22. The molecular weight excluding hydrogens is 327 g/mol. The molecule has 0 bridgehead atoms. The molecule has 2 N–H and O–H groups in total. The first kappa shape index (κ1) is 15.8. The Labute approximate surface area is 116 Å². The van der Waals surface area contributed by atoms with E-state index < -0.39 is 24.6 Å². The molecule has 1 rings (SSSR count). The van der Waals surface area contributed by atoms with Gasteiger partial charge in [0.05, 0.1) is 5.69 Å². The van der Waals surface area contributed by atoms with Crippen LogP contribution in [0.1, 0.15) is 11.1 Å². The molecule has 1 aromatic carbocycles. The van der Waals surface area contributed by atoms with Crippen molar-refractivity contribution in [3.05, 3.63) is 27.7 Å². The zero-order valence-corrected chi connectivity index (χ0v) is 11.9. The third-order valence-electron chi connectivity index (χ3n) is 2.61. The predicted molar refractivity (Wildman–Crippen MR) is 69.3 cm³/mol. The van der Waals surface area contributed by atoms with Crippen LogP contribution in [0.5, 0.6) is 0 Å². The molecular formula is C12H13BrF3NO2. The molecule has 0 aromatic heterocycles. The monoisotopic (exact) mass is 339 g/mol. The minimum absolute atomic E-state index is 0.473. The largest absolute Gasteiger partial charge is 0.481 e. The maximum atomic E-state index is 12.5. The molecule has 3 nitrogen and oxygen atoms in total. The number of alkyl halides is 3. The van der Waals surface area contributed by atoms with Gasteiger partial charge in [-0.3, -0.25) is 4.79 Å². The molecule has 7 heteroatoms. The molecule has 0 amide bonds. The molecule has 0 aliphatic carbocycles. The predicted octanol–water partition coefficient (Wildman–Crippen LogP) is 3.74. The molecule has 0 heterocycles. The number of aliphatic carboxylic acids is 1. The molecule has 0 aliphatic rings. The smallest absolute Gasteiger partial charge is 0.403 e. The topological polar surface area (TPSA) is 49.3 Å². The van der Waals surface area contributed by atoms with Crippen LogP contribution in [0.2, 0.25) is 0 Å². The van der Waals surface area contributed by atoms with Crippen LogP contribution in [0.3, 0.4) is 0 Å². The van der Waals surface area contributed by atoms with Gasteiger partial charge in [0.2, 0.25) is 0 Å². The molecule has 0 radical (unpaired) electrons. The van der Waals surface area contributed by atoms with Gasteiger partial charge in [0.25, 0.3) is 0 Å². The number of aryl methyl sites for hydroxylation is 2. The van der Waals surface area contributed by atoms with Crippen molar-refractivity contribution in [2.45, 2.75) is 20.0 Å². The fourth-order valence-corrected chi connectivity index (χ4v) is 2.50. The molecule has 19 heavy (non-hydrogen) atoms. The van der Waals surface area contributed by atoms with E-state index in [-0.39, 0.29) is 0 Å². The van der Waals surface area contributed by atoms with E-state index in [1.807, 2.05) is 6.92 Å². The van der Waals surface area contributed by atoms with Crippen LogP contribution in [0.4, 0.5) is 18.9 Å². The lowest BCUT2D eigenvalue weighted by Gasteiger charge is -2.19. The van der Waals surface area contributed by atoms with E-state index in [4.69, 9.17) is 5.11 Å². The second-order valence-electron chi connectivity index (χ2n) is 4.25. The van der Waals surface area contributed by atoms with Crippen LogP contribution in [0.15, 0.2) is 16.6 Å². The summed E-state index contributed by atoms with van der Waals surface area (Å²) in [7, 11) is 0. The summed E-state index contributed by atoms with van der Waals surface area (Å²) in [5, 5.41) is 11.1. The summed E-state index contributed by atoms with van der Waals surface area (Å²) in [6.45, 7) is 2.89. The molecule has 0 fully saturated rings. The SMILES string of the molecule is Cc1cc(C)c(NCC(C(=O)O)C(F)(F)F)c(Br)c1. The van der Waals surface area contributed by atoms with Gasteiger partial charge in [-0.25, -0.2) is 0 Å². The number of hydrogen-bond donors (Lipinski definition) is 2. The molecule has 1 aromatic rings. The van der Waals surface area contributed by atoms with Gasteiger partial charge in [0, 0.05) is 11.0 Å². The highest BCUT2D eigenvalue weighted by molar-refractivity contribution is 9.10. The average molecular weight is 340 g/mol. The van der Waals surface area contributed by atoms with Gasteiger partial charge >= 0.3 is 12.1 Å². The number of rotatable bonds is 4. The van der Waals surface area contributed by atoms with Crippen molar-refractivity contribution in [1.82, 2.24) is 0 Å². The first-order valence-electron chi connectivity index (χ1n) is 5.43. The fourth-order valence-electron chi connectivity index (χ4n) is 1.69. The number of hydrogen-bond acceptors (Lipinski definition) is 2. The summed E-state index contributed by atoms with van der Waals surface area (Å²) >= 11 is 3.24. The maximum Gasteiger partial charge on any atom is 0.403 e. The Bertz CT molecular complexity index is 465. The molecule has 0 saturated carbocycles. The van der Waals surface area contributed by atoms with Crippen molar-refractivity contribution in [2.24, 2.45) is 5.92 Å². The van der Waals surface area contributed by atoms with Crippen LogP contribution < -0.4 is 5.32 Å². The Morgan fingerprint density at radius 2 is 2.00 bits per heavy atom. The second-order valence-corrected chi connectivity index (χ2v) is 5.11. The van der Waals surface area contributed by atoms with Gasteiger partial charge in [-0.05, 0) is 47.0 Å². The van der Waals surface area contributed by atoms with E-state index >= 15 is 0 Å². The van der Waals surface area contributed by atoms with Gasteiger partial charge < -0.3 is 10.4 Å². The molecule has 1 unspecified atom stereocenters. The van der Waals surface area contributed by atoms with E-state index in [1.165, 1.54) is 0 Å². The lowest BCUT2D eigenvalue weighted by molar-refractivity contribution is -0.190. The van der Waals surface area contributed by atoms with Crippen molar-refractivity contribution in [3.8, 4) is 0 Å². The number of carboxylic acids is 1. The summed E-state index contributed by atoms with van der Waals surface area (Å²) in [5.74, 6) is -4.32. The molecule has 0 aliphatic heterocycles. The summed E-state index contributed by atoms with van der Waals surface area (Å²) in [6, 6.07) is 3.55. The van der Waals surface area contributed by atoms with Crippen LogP contribution in [0, 0.1) is 19.8 Å². The Morgan fingerprint density at radius 1 is 1.42 bits per heavy atom. The summed E-state index contributed by atoms with van der Waals surface area (Å²) in [6.07, 6.45) is -4.77. The number of benzene rings is 1. The van der Waals surface area contributed by atoms with Gasteiger partial charge in [0.15, 0.2) is 5.92 Å². The highest BCUT2D eigenvalue weighted by Crippen LogP contribution is 2.30. The van der Waals surface area contributed by atoms with Gasteiger partial charge in [-0.1, -0.05) is 6.07 Å². The van der Waals surface area contributed by atoms with E-state index in [2.05, 4.69) is 21.2 Å². The number of nitrogens with one attached hydrogen (secondary N) is 1. The Morgan fingerprint density at radius 3 is 2.42 bits per heavy atom. The van der Waals surface area contributed by atoms with E-state index in [0.717, 1.165) is 11.1 Å². The van der Waals surface area contributed by atoms with Crippen LogP contribution in [-0.2, 0) is 4.79 Å². The van der Waals surface area contributed by atoms with Gasteiger partial charge in [0.1, 0.15) is 0 Å². The minimum atomic E-state index is -4.77. The molecule has 106 valence electrons. The minimum Gasteiger partial charge on any atom is -0.481 e. The van der Waals surface area contributed by atoms with Gasteiger partial charge in [-0.2, -0.15) is 13.2 Å². The highest BCUT2D eigenvalue weighted by atomic mass is 79.9. The lowest BCUT2D eigenvalue weighted by Crippen LogP contribution is -2.36. The Balaban J connectivity index is 2.90. The van der Waals surface area contributed by atoms with Crippen LogP contribution in [-0.4, -0.2) is 23.8 Å². The van der Waals surface area contributed by atoms with Crippen molar-refractivity contribution in [1.29, 1.82) is 0 Å². The van der Waals surface area contributed by atoms with Crippen molar-refractivity contribution in [2.75, 3.05) is 11.9 Å². The normalized spacial score (nSPS) is 13.2. The summed E-state index contributed by atoms with van der Waals surface area (Å²) in [4.78, 5) is 10.6. The fraction of sp³-hybridized carbons (Fsp3) is 0.417. The van der Waals surface area contributed by atoms with Crippen LogP contribution in [0.25, 0.3) is 0 Å². The quantitative estimate of drug-likeness (QED) is 0.878. The molecule has 0 saturated heterocycles. The van der Waals surface area contributed by atoms with E-state index in [0.29, 0.717) is 10.2 Å². The maximum absolute atomic E-state index is 12.5. The number of carboxylic acid groups (broad SMARTS) is 1. The first-order chi connectivity index (χ1) is 8.62. The number of halogens is 4. The van der Waals surface area contributed by atoms with E-state index in [9.17, 15) is 18.0 Å². The molecule has 1 atom stereocenters. The van der Waals surface area contributed by atoms with Crippen molar-refractivity contribution in [3.63, 3.8) is 0 Å². The number of carbonyl (C=O) groups is 1. The lowest BCUT2D eigenvalue weighted by atomic mass is 10.1. The Hall–Kier alpha value is -1.24. The molecule has 0 spiro atoms. The zero-order chi connectivity index (χ0) is 14.8. The van der Waals surface area contributed by atoms with Crippen molar-refractivity contribution >= 4 is 27.6 Å². The average Bonchev–Trinajstić information content (AvgIpc) is 2.18. The summed E-state index contributed by atoms with van der Waals surface area (Å²) in [5.41, 5.74) is 2.18. The zero-order valence-electron chi connectivity index (χ0n) is 10.3.